The summed E-state index contributed by atoms with van der Waals surface area (Å²) in [6, 6.07) is 51.8. The summed E-state index contributed by atoms with van der Waals surface area (Å²) in [5.41, 5.74) is 3.28. The van der Waals surface area contributed by atoms with Crippen molar-refractivity contribution in [3.05, 3.63) is 257 Å². The molecule has 0 aliphatic heterocycles. The zero-order valence-corrected chi connectivity index (χ0v) is 67.7. The van der Waals surface area contributed by atoms with E-state index in [-0.39, 0.29) is 102 Å². The van der Waals surface area contributed by atoms with Crippen molar-refractivity contribution in [2.75, 3.05) is 33.0 Å². The van der Waals surface area contributed by atoms with Gasteiger partial charge in [0.15, 0.2) is 17.1 Å². The molecule has 0 bridgehead atoms. The van der Waals surface area contributed by atoms with E-state index in [1.165, 1.54) is 94.1 Å². The number of carbonyl (C=O) groups is 3. The van der Waals surface area contributed by atoms with Gasteiger partial charge < -0.3 is 18.7 Å². The fraction of sp³-hybridized carbons (Fsp3) is 0.160. The topological polar surface area (TPSA) is 296 Å². The van der Waals surface area contributed by atoms with E-state index in [4.69, 9.17) is 68.6 Å². The van der Waals surface area contributed by atoms with Crippen LogP contribution in [0.2, 0.25) is 15.1 Å². The molecule has 0 radical (unpaired) electrons. The minimum Gasteiger partial charge on any atom is -0.461 e. The van der Waals surface area contributed by atoms with Gasteiger partial charge in [-0.15, -0.1) is 4.52 Å². The van der Waals surface area contributed by atoms with E-state index in [0.29, 0.717) is 36.5 Å². The summed E-state index contributed by atoms with van der Waals surface area (Å²) in [6.07, 6.45) is 6.14. The third kappa shape index (κ3) is 18.5. The summed E-state index contributed by atoms with van der Waals surface area (Å²) in [6.45, 7) is 12.1. The predicted octanol–water partition coefficient (Wildman–Crippen LogP) is 17.5. The van der Waals surface area contributed by atoms with Crippen LogP contribution in [0.1, 0.15) is 88.3 Å². The van der Waals surface area contributed by atoms with Gasteiger partial charge in [-0.3, -0.25) is 4.57 Å². The van der Waals surface area contributed by atoms with E-state index in [2.05, 4.69) is 50.7 Å². The molecule has 3 heterocycles. The van der Waals surface area contributed by atoms with Crippen molar-refractivity contribution in [2.24, 2.45) is 0 Å². The number of ether oxygens (including phenoxy) is 3. The summed E-state index contributed by atoms with van der Waals surface area (Å²) >= 11 is 24.1. The Morgan fingerprint density at radius 2 is 0.896 bits per heavy atom. The second kappa shape index (κ2) is 36.8. The highest BCUT2D eigenvalue weighted by molar-refractivity contribution is 14.1. The molecule has 548 valence electrons. The first-order valence-corrected chi connectivity index (χ1v) is 42.1. The van der Waals surface area contributed by atoms with E-state index >= 15 is 4.57 Å². The van der Waals surface area contributed by atoms with Gasteiger partial charge in [-0.05, 0) is 241 Å². The number of aryl methyl sites for hydroxylation is 2. The molecule has 0 fully saturated rings. The molecule has 0 saturated carbocycles. The molecule has 3 aromatic heterocycles. The highest BCUT2D eigenvalue weighted by Crippen LogP contribution is 2.50. The second-order valence-electron chi connectivity index (χ2n) is 22.2. The lowest BCUT2D eigenvalue weighted by Gasteiger charge is -2.21. The van der Waals surface area contributed by atoms with Gasteiger partial charge in [0.2, 0.25) is 0 Å². The fourth-order valence-electron chi connectivity index (χ4n) is 10.9. The van der Waals surface area contributed by atoms with Crippen LogP contribution in [0.25, 0.3) is 44.9 Å². The Hall–Kier alpha value is -8.57. The Morgan fingerprint density at radius 3 is 1.33 bits per heavy atom. The summed E-state index contributed by atoms with van der Waals surface area (Å²) in [5.74, 6) is -2.64. The highest BCUT2D eigenvalue weighted by Gasteiger charge is 2.44. The maximum Gasteiger partial charge on any atom is 0.552 e. The normalized spacial score (nSPS) is 12.2. The zero-order chi connectivity index (χ0) is 77.4. The summed E-state index contributed by atoms with van der Waals surface area (Å²) in [4.78, 5) is 38.8. The Labute approximate surface area is 651 Å². The van der Waals surface area contributed by atoms with E-state index in [1.807, 2.05) is 31.2 Å². The molecule has 2 unspecified atom stereocenters. The lowest BCUT2D eigenvalue weighted by Crippen LogP contribution is -2.28. The van der Waals surface area contributed by atoms with Crippen LogP contribution in [0.3, 0.4) is 0 Å². The van der Waals surface area contributed by atoms with Gasteiger partial charge in [-0.2, -0.15) is 10.5 Å². The number of aromatic nitrogens is 3. The molecule has 11 rings (SSSR count). The number of nitrogens with zero attached hydrogens (tertiary/aromatic N) is 5. The fourth-order valence-corrected chi connectivity index (χ4v) is 21.5. The molecule has 0 saturated heterocycles. The van der Waals surface area contributed by atoms with Gasteiger partial charge in [0.25, 0.3) is 42.7 Å². The van der Waals surface area contributed by atoms with Crippen LogP contribution in [0.4, 0.5) is 0 Å². The number of esters is 3. The number of allylic oxidation sites excluding steroid dienone is 2. The molecule has 0 N–H and O–H groups in total. The second-order valence-corrected chi connectivity index (χ2v) is 34.4. The maximum atomic E-state index is 15.2. The summed E-state index contributed by atoms with van der Waals surface area (Å²) < 4.78 is 140. The first-order chi connectivity index (χ1) is 50.5. The van der Waals surface area contributed by atoms with Crippen molar-refractivity contribution in [1.29, 1.82) is 10.5 Å². The maximum absolute atomic E-state index is 15.2. The molecule has 0 spiro atoms. The van der Waals surface area contributed by atoms with Crippen molar-refractivity contribution in [3.63, 3.8) is 0 Å². The molecule has 0 amide bonds. The Kier molecular flexibility index (Phi) is 28.9. The van der Waals surface area contributed by atoms with Crippen molar-refractivity contribution in [2.45, 2.75) is 63.2 Å². The van der Waals surface area contributed by atoms with Crippen molar-refractivity contribution in [1.82, 2.24) is 11.9 Å². The molecule has 11 aromatic rings. The number of hydrogen-bond acceptors (Lipinski definition) is 18. The zero-order valence-electron chi connectivity index (χ0n) is 57.4. The molecule has 31 heteroatoms. The van der Waals surface area contributed by atoms with E-state index in [0.717, 1.165) is 17.5 Å². The Balaban J connectivity index is 0.000000190. The number of rotatable bonds is 21. The number of benzene rings is 8. The number of carbonyl (C=O) groups excluding carboxylic acids is 3. The lowest BCUT2D eigenvalue weighted by atomic mass is 10.1. The third-order valence-electron chi connectivity index (χ3n) is 15.0. The van der Waals surface area contributed by atoms with Crippen LogP contribution < -0.4 is 15.9 Å². The van der Waals surface area contributed by atoms with Crippen molar-refractivity contribution >= 4 is 197 Å². The Morgan fingerprint density at radius 1 is 0.509 bits per heavy atom. The average molecular weight is 1760 g/mol. The first-order valence-electron chi connectivity index (χ1n) is 32.0. The first kappa shape index (κ1) is 83.1. The van der Waals surface area contributed by atoms with Gasteiger partial charge in [0, 0.05) is 46.9 Å². The highest BCUT2D eigenvalue weighted by atomic mass is 127. The number of nitriles is 2. The van der Waals surface area contributed by atoms with E-state index in [9.17, 15) is 44.2 Å². The van der Waals surface area contributed by atoms with Crippen LogP contribution in [-0.4, -0.2) is 88.1 Å². The average Bonchev–Trinajstić information content (AvgIpc) is 1.55. The lowest BCUT2D eigenvalue weighted by molar-refractivity contribution is 0.0509. The Bertz CT molecular complexity index is 5730. The van der Waals surface area contributed by atoms with Gasteiger partial charge in [0.05, 0.1) is 85.0 Å². The van der Waals surface area contributed by atoms with Crippen LogP contribution in [0.15, 0.2) is 213 Å². The predicted molar refractivity (Wildman–Crippen MR) is 425 cm³/mol. The minimum absolute atomic E-state index is 0.0113. The largest absolute Gasteiger partial charge is 0.552 e. The molecule has 2 atom stereocenters. The quantitative estimate of drug-likeness (QED) is 0.0212. The molecule has 0 aliphatic carbocycles. The summed E-state index contributed by atoms with van der Waals surface area (Å²) in [7, 11) is -19.3. The van der Waals surface area contributed by atoms with Crippen LogP contribution in [-0.2, 0) is 62.5 Å². The van der Waals surface area contributed by atoms with Crippen LogP contribution >= 0.6 is 88.7 Å². The molecular weight excluding hydrogens is 1700 g/mol. The van der Waals surface area contributed by atoms with Gasteiger partial charge in [-0.1, -0.05) is 102 Å². The van der Waals surface area contributed by atoms with Crippen molar-refractivity contribution in [3.8, 4) is 12.1 Å². The standard InChI is InChI=1S/C29H26ClN2O6PS.C19H18ClNO6PS.C17H13BrClNO4S.C10H8IN/c1-4-37-29(33)27-28(39(34,38-5-2)23-17-20(3)16-21(18-23)10-9-15-31)25-19-22(30)13-14-26(25)32(27)40(35,36)24-11-7-6-8-12-24;1-3-26-19(22)17-18(28(23)27-4-2)15-12-13(20)10-11-16(15)21(17)29(24,25)14-8-6-5-7-9-14;1-2-24-17(21)16-15(18)13-10-11(19)8-9-14(13)20(16)25(22,23)12-6-4-3-5-7-12;1-8-5-9(3-2-4-12)7-10(11)6-8/h6-14,16-19H,4-5H2,1-3H3;5-12H,3-4H2,1-2H3;3-10H,2H2,1H3;2-3,5-7H,1H3/q;+1;;/b10-9+;;;3-2+. The van der Waals surface area contributed by atoms with Crippen molar-refractivity contribution < 1.29 is 72.0 Å². The molecule has 106 heavy (non-hydrogen) atoms. The van der Waals surface area contributed by atoms with Gasteiger partial charge >= 0.3 is 25.9 Å². The van der Waals surface area contributed by atoms with Crippen LogP contribution in [0, 0.1) is 40.1 Å². The smallest absolute Gasteiger partial charge is 0.461 e. The minimum atomic E-state index is -4.39. The molecule has 0 aliphatic rings. The monoisotopic (exact) mass is 1760 g/mol. The number of fused-ring (bicyclic) bond motifs is 3. The third-order valence-corrected chi connectivity index (χ3v) is 26.2. The number of hydrogen-bond donors (Lipinski definition) is 0. The molecule has 8 aromatic carbocycles. The van der Waals surface area contributed by atoms with Gasteiger partial charge in [0.1, 0.15) is 6.61 Å². The SMILES string of the molecule is CCOC(=O)c1c(Br)c2cc(Cl)ccc2n1S(=O)(=O)c1ccccc1.CCOC(=O)c1c(P(=O)(OCC)c2cc(C)cc(/C=C/C#N)c2)c2cc(Cl)ccc2n1S(=O)(=O)c1ccccc1.CCOC(=O)c1c([P+](=O)OCC)c2cc(Cl)ccc2n1S(=O)(=O)c1ccccc1.Cc1cc(I)cc(/C=C/C#N)c1. The van der Waals surface area contributed by atoms with E-state index < -0.39 is 69.1 Å². The van der Waals surface area contributed by atoms with E-state index in [1.54, 1.807) is 139 Å². The van der Waals surface area contributed by atoms with Crippen LogP contribution in [0.5, 0.6) is 0 Å². The molecule has 21 nitrogen and oxygen atoms in total. The summed E-state index contributed by atoms with van der Waals surface area (Å²) in [5, 5.41) is 19.3. The molecular formula is C75H65BrCl3IN5O16P2S3+. The van der Waals surface area contributed by atoms with Gasteiger partial charge in [-0.25, -0.2) is 51.6 Å². The number of halogens is 5.